The Morgan fingerprint density at radius 1 is 1.00 bits per heavy atom. The van der Waals surface area contributed by atoms with Gasteiger partial charge in [0.1, 0.15) is 11.1 Å². The van der Waals surface area contributed by atoms with E-state index in [1.807, 2.05) is 0 Å². The molecule has 2 aromatic carbocycles. The lowest BCUT2D eigenvalue weighted by atomic mass is 10.1. The normalized spacial score (nSPS) is 11.8. The summed E-state index contributed by atoms with van der Waals surface area (Å²) in [6, 6.07) is 12.5. The standard InChI is InChI=1S/C27H30FN2O7P/c1-4-34-27(32)24(38(33,35-5-2)36-6-3)17-19-7-14-23(15-8-19)30-25(31)16-11-21-18-29-37-26(21)20-9-12-22(28)13-10-20/h7-10,12-15,17-18H,4-6,11,16H2,1-3H3,(H,30,31)/b24-17+. The summed E-state index contributed by atoms with van der Waals surface area (Å²) in [4.78, 5) is 25.1. The van der Waals surface area contributed by atoms with Crippen LogP contribution in [-0.2, 0) is 34.4 Å². The van der Waals surface area contributed by atoms with Gasteiger partial charge in [0, 0.05) is 23.2 Å². The number of carbonyl (C=O) groups is 2. The van der Waals surface area contributed by atoms with E-state index >= 15 is 0 Å². The maximum absolute atomic E-state index is 13.2. The Labute approximate surface area is 220 Å². The summed E-state index contributed by atoms with van der Waals surface area (Å²) in [5, 5.41) is 6.41. The number of halogens is 1. The van der Waals surface area contributed by atoms with E-state index in [-0.39, 0.29) is 43.3 Å². The average molecular weight is 545 g/mol. The number of benzene rings is 2. The van der Waals surface area contributed by atoms with Gasteiger partial charge < -0.3 is 23.6 Å². The van der Waals surface area contributed by atoms with Crippen LogP contribution in [0, 0.1) is 5.82 Å². The summed E-state index contributed by atoms with van der Waals surface area (Å²) in [6.45, 7) is 5.21. The monoisotopic (exact) mass is 544 g/mol. The Morgan fingerprint density at radius 2 is 1.66 bits per heavy atom. The van der Waals surface area contributed by atoms with Gasteiger partial charge in [-0.3, -0.25) is 9.36 Å². The number of carbonyl (C=O) groups excluding carboxylic acids is 2. The van der Waals surface area contributed by atoms with Crippen LogP contribution in [0.3, 0.4) is 0 Å². The Kier molecular flexibility index (Phi) is 10.5. The zero-order chi connectivity index (χ0) is 27.5. The highest BCUT2D eigenvalue weighted by molar-refractivity contribution is 7.60. The maximum Gasteiger partial charge on any atom is 0.368 e. The quantitative estimate of drug-likeness (QED) is 0.153. The van der Waals surface area contributed by atoms with Crippen LogP contribution in [0.2, 0.25) is 0 Å². The van der Waals surface area contributed by atoms with Crippen molar-refractivity contribution in [2.24, 2.45) is 0 Å². The first-order valence-electron chi connectivity index (χ1n) is 12.2. The highest BCUT2D eigenvalue weighted by atomic mass is 31.2. The van der Waals surface area contributed by atoms with E-state index in [1.165, 1.54) is 24.4 Å². The number of nitrogens with zero attached hydrogens (tertiary/aromatic N) is 1. The van der Waals surface area contributed by atoms with Crippen molar-refractivity contribution in [1.29, 1.82) is 0 Å². The summed E-state index contributed by atoms with van der Waals surface area (Å²) in [5.41, 5.74) is 2.47. The van der Waals surface area contributed by atoms with Crippen LogP contribution < -0.4 is 5.32 Å². The van der Waals surface area contributed by atoms with Crippen LogP contribution in [0.1, 0.15) is 38.3 Å². The zero-order valence-corrected chi connectivity index (χ0v) is 22.3. The van der Waals surface area contributed by atoms with Crippen LogP contribution in [0.5, 0.6) is 0 Å². The Hall–Kier alpha value is -3.59. The summed E-state index contributed by atoms with van der Waals surface area (Å²) in [5.74, 6) is -0.888. The molecule has 0 radical (unpaired) electrons. The second-order valence-electron chi connectivity index (χ2n) is 7.94. The second-order valence-corrected chi connectivity index (χ2v) is 9.93. The molecule has 202 valence electrons. The first-order valence-corrected chi connectivity index (χ1v) is 13.7. The molecule has 1 aromatic heterocycles. The molecule has 0 saturated heterocycles. The summed E-state index contributed by atoms with van der Waals surface area (Å²) >= 11 is 0. The largest absolute Gasteiger partial charge is 0.462 e. The van der Waals surface area contributed by atoms with Crippen molar-refractivity contribution in [3.63, 3.8) is 0 Å². The van der Waals surface area contributed by atoms with Gasteiger partial charge in [0.2, 0.25) is 5.91 Å². The van der Waals surface area contributed by atoms with Crippen molar-refractivity contribution in [3.05, 3.63) is 77.0 Å². The molecule has 1 heterocycles. The van der Waals surface area contributed by atoms with Gasteiger partial charge in [-0.2, -0.15) is 0 Å². The van der Waals surface area contributed by atoms with Crippen LogP contribution >= 0.6 is 7.60 Å². The van der Waals surface area contributed by atoms with Crippen LogP contribution in [0.4, 0.5) is 10.1 Å². The molecule has 0 aliphatic carbocycles. The molecule has 9 nitrogen and oxygen atoms in total. The first-order chi connectivity index (χ1) is 18.3. The molecule has 0 bridgehead atoms. The highest BCUT2D eigenvalue weighted by Crippen LogP contribution is 2.57. The van der Waals surface area contributed by atoms with Crippen LogP contribution in [0.15, 0.2) is 64.6 Å². The number of nitrogens with one attached hydrogen (secondary N) is 1. The van der Waals surface area contributed by atoms with Gasteiger partial charge in [-0.25, -0.2) is 9.18 Å². The molecule has 0 fully saturated rings. The van der Waals surface area contributed by atoms with E-state index in [2.05, 4.69) is 10.5 Å². The van der Waals surface area contributed by atoms with Gasteiger partial charge in [-0.1, -0.05) is 17.3 Å². The third-order valence-corrected chi connectivity index (χ3v) is 7.35. The Balaban J connectivity index is 1.68. The molecule has 11 heteroatoms. The van der Waals surface area contributed by atoms with Gasteiger partial charge in [-0.05, 0) is 75.2 Å². The lowest BCUT2D eigenvalue weighted by molar-refractivity contribution is -0.137. The summed E-state index contributed by atoms with van der Waals surface area (Å²) in [7, 11) is -3.89. The fourth-order valence-corrected chi connectivity index (χ4v) is 5.17. The minimum absolute atomic E-state index is 0.0826. The van der Waals surface area contributed by atoms with Gasteiger partial charge >= 0.3 is 13.6 Å². The topological polar surface area (TPSA) is 117 Å². The number of ether oxygens (including phenoxy) is 1. The molecule has 0 unspecified atom stereocenters. The Morgan fingerprint density at radius 3 is 2.26 bits per heavy atom. The van der Waals surface area contributed by atoms with Gasteiger partial charge in [0.15, 0.2) is 5.76 Å². The number of amides is 1. The summed E-state index contributed by atoms with van der Waals surface area (Å²) in [6.07, 6.45) is 3.47. The third kappa shape index (κ3) is 7.71. The number of aryl methyl sites for hydroxylation is 1. The molecule has 0 aliphatic heterocycles. The van der Waals surface area contributed by atoms with E-state index in [0.717, 1.165) is 5.56 Å². The van der Waals surface area contributed by atoms with Gasteiger partial charge in [-0.15, -0.1) is 0 Å². The van der Waals surface area contributed by atoms with E-state index < -0.39 is 13.6 Å². The second kappa shape index (κ2) is 13.8. The molecule has 0 spiro atoms. The van der Waals surface area contributed by atoms with Crippen molar-refractivity contribution < 1.29 is 36.9 Å². The van der Waals surface area contributed by atoms with Crippen molar-refractivity contribution >= 4 is 31.2 Å². The molecule has 0 aliphatic rings. The molecular weight excluding hydrogens is 514 g/mol. The fraction of sp³-hybridized carbons (Fsp3) is 0.296. The van der Waals surface area contributed by atoms with E-state index in [1.54, 1.807) is 57.2 Å². The number of anilines is 1. The fourth-order valence-electron chi connectivity index (χ4n) is 3.54. The molecule has 3 aromatic rings. The predicted octanol–water partition coefficient (Wildman–Crippen LogP) is 6.22. The predicted molar refractivity (Wildman–Crippen MR) is 141 cm³/mol. The van der Waals surface area contributed by atoms with E-state index in [0.29, 0.717) is 29.0 Å². The van der Waals surface area contributed by atoms with Crippen molar-refractivity contribution in [2.45, 2.75) is 33.6 Å². The molecular formula is C27H30FN2O7P. The molecule has 38 heavy (non-hydrogen) atoms. The number of rotatable bonds is 13. The number of hydrogen-bond acceptors (Lipinski definition) is 8. The minimum Gasteiger partial charge on any atom is -0.462 e. The maximum atomic E-state index is 13.2. The third-order valence-electron chi connectivity index (χ3n) is 5.25. The SMILES string of the molecule is CCOC(=O)/C(=C\c1ccc(NC(=O)CCc2cnoc2-c2ccc(F)cc2)cc1)P(=O)(OCC)OCC. The number of hydrogen-bond donors (Lipinski definition) is 1. The molecule has 1 amide bonds. The number of aromatic nitrogens is 1. The van der Waals surface area contributed by atoms with Crippen LogP contribution in [0.25, 0.3) is 17.4 Å². The van der Waals surface area contributed by atoms with E-state index in [9.17, 15) is 18.5 Å². The minimum atomic E-state index is -3.89. The van der Waals surface area contributed by atoms with E-state index in [4.69, 9.17) is 18.3 Å². The zero-order valence-electron chi connectivity index (χ0n) is 21.4. The Bertz CT molecular complexity index is 1290. The highest BCUT2D eigenvalue weighted by Gasteiger charge is 2.36. The number of esters is 1. The lowest BCUT2D eigenvalue weighted by Gasteiger charge is -2.19. The molecule has 0 saturated carbocycles. The smallest absolute Gasteiger partial charge is 0.368 e. The average Bonchev–Trinajstić information content (AvgIpc) is 3.36. The van der Waals surface area contributed by atoms with Gasteiger partial charge in [0.25, 0.3) is 0 Å². The lowest BCUT2D eigenvalue weighted by Crippen LogP contribution is -2.12. The van der Waals surface area contributed by atoms with Gasteiger partial charge in [0.05, 0.1) is 26.0 Å². The molecule has 0 atom stereocenters. The molecule has 1 N–H and O–H groups in total. The first kappa shape index (κ1) is 29.0. The van der Waals surface area contributed by atoms with Crippen molar-refractivity contribution in [1.82, 2.24) is 5.16 Å². The molecule has 3 rings (SSSR count). The summed E-state index contributed by atoms with van der Waals surface area (Å²) < 4.78 is 47.5. The van der Waals surface area contributed by atoms with Crippen LogP contribution in [-0.4, -0.2) is 36.9 Å². The van der Waals surface area contributed by atoms with Crippen molar-refractivity contribution in [2.75, 3.05) is 25.1 Å². The van der Waals surface area contributed by atoms with Crippen molar-refractivity contribution in [3.8, 4) is 11.3 Å².